The van der Waals surface area contributed by atoms with Crippen molar-refractivity contribution in [2.75, 3.05) is 11.9 Å². The van der Waals surface area contributed by atoms with Crippen LogP contribution in [0.15, 0.2) is 53.0 Å². The summed E-state index contributed by atoms with van der Waals surface area (Å²) in [5.74, 6) is -0.354. The van der Waals surface area contributed by atoms with Crippen LogP contribution in [0.3, 0.4) is 0 Å². The number of rotatable bonds is 4. The number of aromatic nitrogens is 2. The predicted octanol–water partition coefficient (Wildman–Crippen LogP) is 4.52. The Morgan fingerprint density at radius 2 is 1.83 bits per heavy atom. The van der Waals surface area contributed by atoms with Crippen LogP contribution in [0.1, 0.15) is 28.8 Å². The summed E-state index contributed by atoms with van der Waals surface area (Å²) in [5, 5.41) is 12.3. The molecule has 2 heterocycles. The highest BCUT2D eigenvalue weighted by Crippen LogP contribution is 2.28. The van der Waals surface area contributed by atoms with Gasteiger partial charge in [0.05, 0.1) is 0 Å². The third-order valence-electron chi connectivity index (χ3n) is 4.86. The Morgan fingerprint density at radius 3 is 2.55 bits per heavy atom. The van der Waals surface area contributed by atoms with Crippen molar-refractivity contribution in [1.29, 1.82) is 0 Å². The SMILES string of the molecule is Cc1ccc(-c2nnc(NC(=O)C3CCCN3C(=O)c3ccc(Br)cc3)s2)cc1. The lowest BCUT2D eigenvalue weighted by atomic mass is 10.1. The zero-order valence-electron chi connectivity index (χ0n) is 15.8. The Labute approximate surface area is 181 Å². The number of likely N-dealkylation sites (tertiary alicyclic amines) is 1. The Kier molecular flexibility index (Phi) is 5.73. The van der Waals surface area contributed by atoms with Gasteiger partial charge < -0.3 is 4.90 Å². The standard InChI is InChI=1S/C21H19BrN4O2S/c1-13-4-6-14(7-5-13)19-24-25-21(29-19)23-18(27)17-3-2-12-26(17)20(28)15-8-10-16(22)11-9-15/h4-11,17H,2-3,12H2,1H3,(H,23,25,27). The molecule has 0 aliphatic carbocycles. The minimum atomic E-state index is -0.502. The summed E-state index contributed by atoms with van der Waals surface area (Å²) < 4.78 is 0.908. The third kappa shape index (κ3) is 4.38. The van der Waals surface area contributed by atoms with Crippen molar-refractivity contribution in [1.82, 2.24) is 15.1 Å². The average molecular weight is 471 g/mol. The molecule has 1 aromatic heterocycles. The Balaban J connectivity index is 1.45. The van der Waals surface area contributed by atoms with Gasteiger partial charge in [0.2, 0.25) is 11.0 Å². The fourth-order valence-corrected chi connectivity index (χ4v) is 4.33. The van der Waals surface area contributed by atoms with Gasteiger partial charge in [-0.2, -0.15) is 0 Å². The molecule has 2 aromatic carbocycles. The first-order valence-electron chi connectivity index (χ1n) is 9.29. The molecular weight excluding hydrogens is 452 g/mol. The van der Waals surface area contributed by atoms with E-state index in [0.29, 0.717) is 23.7 Å². The second-order valence-electron chi connectivity index (χ2n) is 6.93. The zero-order chi connectivity index (χ0) is 20.4. The van der Waals surface area contributed by atoms with Gasteiger partial charge in [-0.15, -0.1) is 10.2 Å². The molecular formula is C21H19BrN4O2S. The second-order valence-corrected chi connectivity index (χ2v) is 8.82. The van der Waals surface area contributed by atoms with E-state index in [4.69, 9.17) is 0 Å². The van der Waals surface area contributed by atoms with E-state index in [2.05, 4.69) is 31.4 Å². The predicted molar refractivity (Wildman–Crippen MR) is 117 cm³/mol. The largest absolute Gasteiger partial charge is 0.327 e. The van der Waals surface area contributed by atoms with Gasteiger partial charge in [-0.1, -0.05) is 57.1 Å². The topological polar surface area (TPSA) is 75.2 Å². The van der Waals surface area contributed by atoms with E-state index in [-0.39, 0.29) is 11.8 Å². The maximum atomic E-state index is 12.8. The highest BCUT2D eigenvalue weighted by Gasteiger charge is 2.35. The third-order valence-corrected chi connectivity index (χ3v) is 6.28. The van der Waals surface area contributed by atoms with Crippen LogP contribution in [-0.2, 0) is 4.79 Å². The Morgan fingerprint density at radius 1 is 1.10 bits per heavy atom. The van der Waals surface area contributed by atoms with E-state index in [9.17, 15) is 9.59 Å². The maximum Gasteiger partial charge on any atom is 0.254 e. The van der Waals surface area contributed by atoms with Crippen LogP contribution in [-0.4, -0.2) is 39.5 Å². The van der Waals surface area contributed by atoms with Crippen molar-refractivity contribution in [3.05, 3.63) is 64.1 Å². The molecule has 1 saturated heterocycles. The lowest BCUT2D eigenvalue weighted by Crippen LogP contribution is -2.43. The molecule has 148 valence electrons. The molecule has 1 N–H and O–H groups in total. The highest BCUT2D eigenvalue weighted by atomic mass is 79.9. The molecule has 0 saturated carbocycles. The van der Waals surface area contributed by atoms with Crippen molar-refractivity contribution in [3.63, 3.8) is 0 Å². The van der Waals surface area contributed by atoms with Gasteiger partial charge in [0.15, 0.2) is 0 Å². The number of aryl methyl sites for hydroxylation is 1. The molecule has 0 radical (unpaired) electrons. The van der Waals surface area contributed by atoms with E-state index in [0.717, 1.165) is 21.5 Å². The smallest absolute Gasteiger partial charge is 0.254 e. The van der Waals surface area contributed by atoms with Gasteiger partial charge in [-0.3, -0.25) is 14.9 Å². The van der Waals surface area contributed by atoms with Crippen LogP contribution < -0.4 is 5.32 Å². The van der Waals surface area contributed by atoms with Crippen LogP contribution in [0, 0.1) is 6.92 Å². The van der Waals surface area contributed by atoms with E-state index in [1.807, 2.05) is 43.3 Å². The fraction of sp³-hybridized carbons (Fsp3) is 0.238. The molecule has 3 aromatic rings. The molecule has 1 unspecified atom stereocenters. The minimum absolute atomic E-state index is 0.132. The summed E-state index contributed by atoms with van der Waals surface area (Å²) >= 11 is 4.70. The van der Waals surface area contributed by atoms with Crippen LogP contribution in [0.2, 0.25) is 0 Å². The van der Waals surface area contributed by atoms with E-state index >= 15 is 0 Å². The normalized spacial score (nSPS) is 16.1. The lowest BCUT2D eigenvalue weighted by molar-refractivity contribution is -0.119. The van der Waals surface area contributed by atoms with Gasteiger partial charge >= 0.3 is 0 Å². The summed E-state index contributed by atoms with van der Waals surface area (Å²) in [6.45, 7) is 2.59. The number of nitrogens with one attached hydrogen (secondary N) is 1. The van der Waals surface area contributed by atoms with E-state index in [1.54, 1.807) is 17.0 Å². The number of amides is 2. The molecule has 2 amide bonds. The number of hydrogen-bond donors (Lipinski definition) is 1. The summed E-state index contributed by atoms with van der Waals surface area (Å²) in [6.07, 6.45) is 1.43. The molecule has 1 fully saturated rings. The first-order chi connectivity index (χ1) is 14.0. The van der Waals surface area contributed by atoms with Crippen molar-refractivity contribution >= 4 is 44.2 Å². The Hall–Kier alpha value is -2.58. The van der Waals surface area contributed by atoms with Gasteiger partial charge in [0.25, 0.3) is 5.91 Å². The monoisotopic (exact) mass is 470 g/mol. The quantitative estimate of drug-likeness (QED) is 0.607. The zero-order valence-corrected chi connectivity index (χ0v) is 18.2. The molecule has 4 rings (SSSR count). The van der Waals surface area contributed by atoms with Crippen LogP contribution in [0.5, 0.6) is 0 Å². The molecule has 1 atom stereocenters. The first kappa shape index (κ1) is 19.7. The van der Waals surface area contributed by atoms with Gasteiger partial charge in [0.1, 0.15) is 11.0 Å². The molecule has 8 heteroatoms. The van der Waals surface area contributed by atoms with Crippen LogP contribution in [0.4, 0.5) is 5.13 Å². The lowest BCUT2D eigenvalue weighted by Gasteiger charge is -2.23. The summed E-state index contributed by atoms with van der Waals surface area (Å²) in [7, 11) is 0. The van der Waals surface area contributed by atoms with E-state index < -0.39 is 6.04 Å². The second kappa shape index (κ2) is 8.42. The molecule has 6 nitrogen and oxygen atoms in total. The number of anilines is 1. The van der Waals surface area contributed by atoms with Gasteiger partial charge in [0, 0.05) is 22.1 Å². The van der Waals surface area contributed by atoms with Crippen molar-refractivity contribution in [2.24, 2.45) is 0 Å². The molecule has 0 spiro atoms. The first-order valence-corrected chi connectivity index (χ1v) is 10.9. The maximum absolute atomic E-state index is 12.8. The minimum Gasteiger partial charge on any atom is -0.327 e. The number of benzene rings is 2. The van der Waals surface area contributed by atoms with Crippen molar-refractivity contribution in [2.45, 2.75) is 25.8 Å². The number of hydrogen-bond acceptors (Lipinski definition) is 5. The van der Waals surface area contributed by atoms with Crippen molar-refractivity contribution in [3.8, 4) is 10.6 Å². The summed E-state index contributed by atoms with van der Waals surface area (Å²) in [6, 6.07) is 14.7. The number of halogens is 1. The number of carbonyl (C=O) groups excluding carboxylic acids is 2. The highest BCUT2D eigenvalue weighted by molar-refractivity contribution is 9.10. The summed E-state index contributed by atoms with van der Waals surface area (Å²) in [4.78, 5) is 27.3. The van der Waals surface area contributed by atoms with Crippen LogP contribution in [0.25, 0.3) is 10.6 Å². The summed E-state index contributed by atoms with van der Waals surface area (Å²) in [5.41, 5.74) is 2.70. The van der Waals surface area contributed by atoms with Gasteiger partial charge in [-0.05, 0) is 44.0 Å². The van der Waals surface area contributed by atoms with Gasteiger partial charge in [-0.25, -0.2) is 0 Å². The van der Waals surface area contributed by atoms with E-state index in [1.165, 1.54) is 16.9 Å². The molecule has 1 aliphatic rings. The fourth-order valence-electron chi connectivity index (χ4n) is 3.32. The van der Waals surface area contributed by atoms with Crippen molar-refractivity contribution < 1.29 is 9.59 Å². The Bertz CT molecular complexity index is 1030. The molecule has 0 bridgehead atoms. The number of nitrogens with zero attached hydrogens (tertiary/aromatic N) is 3. The van der Waals surface area contributed by atoms with Crippen LogP contribution >= 0.6 is 27.3 Å². The average Bonchev–Trinajstić information content (AvgIpc) is 3.38. The molecule has 1 aliphatic heterocycles. The number of carbonyl (C=O) groups is 2. The molecule has 29 heavy (non-hydrogen) atoms.